The maximum absolute atomic E-state index is 12.6. The molecule has 0 aromatic carbocycles. The number of nitrogens with zero attached hydrogens (tertiary/aromatic N) is 2. The molecule has 4 nitrogen and oxygen atoms in total. The van der Waals surface area contributed by atoms with E-state index in [4.69, 9.17) is 5.73 Å². The van der Waals surface area contributed by atoms with Crippen LogP contribution in [0.4, 0.5) is 0 Å². The van der Waals surface area contributed by atoms with Crippen LogP contribution in [0.2, 0.25) is 0 Å². The summed E-state index contributed by atoms with van der Waals surface area (Å²) in [6, 6.07) is 4.07. The van der Waals surface area contributed by atoms with Crippen LogP contribution in [0.5, 0.6) is 0 Å². The summed E-state index contributed by atoms with van der Waals surface area (Å²) in [6.07, 6.45) is 2.24. The quantitative estimate of drug-likeness (QED) is 0.864. The lowest BCUT2D eigenvalue weighted by molar-refractivity contribution is 0.0522. The summed E-state index contributed by atoms with van der Waals surface area (Å²) in [5.41, 5.74) is 7.71. The van der Waals surface area contributed by atoms with Gasteiger partial charge in [0, 0.05) is 31.9 Å². The van der Waals surface area contributed by atoms with Gasteiger partial charge in [0.15, 0.2) is 0 Å². The lowest BCUT2D eigenvalue weighted by atomic mass is 9.90. The third-order valence-corrected chi connectivity index (χ3v) is 4.21. The van der Waals surface area contributed by atoms with Crippen LogP contribution in [0.1, 0.15) is 35.9 Å². The highest BCUT2D eigenvalue weighted by atomic mass is 16.2. The molecule has 1 aliphatic heterocycles. The molecule has 0 spiro atoms. The van der Waals surface area contributed by atoms with Crippen LogP contribution >= 0.6 is 0 Å². The van der Waals surface area contributed by atoms with Gasteiger partial charge in [-0.25, -0.2) is 0 Å². The Balaban J connectivity index is 2.24. The van der Waals surface area contributed by atoms with Crippen molar-refractivity contribution in [2.75, 3.05) is 13.1 Å². The van der Waals surface area contributed by atoms with E-state index in [1.54, 1.807) is 0 Å². The van der Waals surface area contributed by atoms with Crippen LogP contribution in [0.15, 0.2) is 12.1 Å². The highest BCUT2D eigenvalue weighted by Crippen LogP contribution is 2.24. The largest absolute Gasteiger partial charge is 0.344 e. The Bertz CT molecular complexity index is 438. The third kappa shape index (κ3) is 2.17. The predicted molar refractivity (Wildman–Crippen MR) is 72.4 cm³/mol. The van der Waals surface area contributed by atoms with Crippen molar-refractivity contribution in [3.63, 3.8) is 0 Å². The van der Waals surface area contributed by atoms with E-state index in [-0.39, 0.29) is 11.9 Å². The van der Waals surface area contributed by atoms with Gasteiger partial charge in [-0.05, 0) is 37.8 Å². The molecule has 2 heterocycles. The van der Waals surface area contributed by atoms with Crippen LogP contribution < -0.4 is 5.73 Å². The number of amides is 1. The van der Waals surface area contributed by atoms with E-state index in [1.807, 2.05) is 35.6 Å². The summed E-state index contributed by atoms with van der Waals surface area (Å²) in [7, 11) is 1.94. The summed E-state index contributed by atoms with van der Waals surface area (Å²) in [4.78, 5) is 14.6. The van der Waals surface area contributed by atoms with Crippen molar-refractivity contribution in [1.29, 1.82) is 0 Å². The molecule has 4 heteroatoms. The fraction of sp³-hybridized carbons (Fsp3) is 0.643. The number of aromatic nitrogens is 1. The minimum absolute atomic E-state index is 0.118. The predicted octanol–water partition coefficient (Wildman–Crippen LogP) is 1.53. The number of likely N-dealkylation sites (tertiary alicyclic amines) is 1. The molecule has 0 bridgehead atoms. The third-order valence-electron chi connectivity index (χ3n) is 4.21. The Hall–Kier alpha value is -1.29. The first-order valence-corrected chi connectivity index (χ1v) is 6.69. The lowest BCUT2D eigenvalue weighted by Gasteiger charge is -2.39. The Kier molecular flexibility index (Phi) is 3.76. The van der Waals surface area contributed by atoms with Crippen LogP contribution in [0, 0.1) is 12.8 Å². The van der Waals surface area contributed by atoms with E-state index in [1.165, 1.54) is 0 Å². The molecule has 18 heavy (non-hydrogen) atoms. The zero-order chi connectivity index (χ0) is 13.3. The first-order valence-electron chi connectivity index (χ1n) is 6.69. The molecule has 0 saturated carbocycles. The highest BCUT2D eigenvalue weighted by molar-refractivity contribution is 5.93. The molecule has 1 amide bonds. The normalized spacial score (nSPS) is 24.3. The topological polar surface area (TPSA) is 51.3 Å². The van der Waals surface area contributed by atoms with E-state index in [0.29, 0.717) is 12.5 Å². The van der Waals surface area contributed by atoms with E-state index < -0.39 is 0 Å². The van der Waals surface area contributed by atoms with Gasteiger partial charge < -0.3 is 15.2 Å². The highest BCUT2D eigenvalue weighted by Gasteiger charge is 2.32. The minimum atomic E-state index is 0.118. The van der Waals surface area contributed by atoms with Gasteiger partial charge in [-0.3, -0.25) is 4.79 Å². The van der Waals surface area contributed by atoms with Crippen molar-refractivity contribution in [2.24, 2.45) is 18.7 Å². The van der Waals surface area contributed by atoms with Crippen molar-refractivity contribution in [3.8, 4) is 0 Å². The van der Waals surface area contributed by atoms with E-state index in [0.717, 1.165) is 30.8 Å². The van der Waals surface area contributed by atoms with Gasteiger partial charge in [0.1, 0.15) is 5.69 Å². The average molecular weight is 249 g/mol. The molecule has 1 aromatic heterocycles. The molecule has 1 saturated heterocycles. The number of carbonyl (C=O) groups is 1. The maximum Gasteiger partial charge on any atom is 0.270 e. The molecule has 0 aliphatic carbocycles. The fourth-order valence-electron chi connectivity index (χ4n) is 2.84. The molecule has 100 valence electrons. The second-order valence-corrected chi connectivity index (χ2v) is 5.34. The maximum atomic E-state index is 12.6. The summed E-state index contributed by atoms with van der Waals surface area (Å²) in [6.45, 7) is 5.58. The number of hydrogen-bond acceptors (Lipinski definition) is 2. The first kappa shape index (κ1) is 13.1. The average Bonchev–Trinajstić information content (AvgIpc) is 2.69. The number of rotatable bonds is 2. The molecule has 2 rings (SSSR count). The van der Waals surface area contributed by atoms with Gasteiger partial charge >= 0.3 is 0 Å². The van der Waals surface area contributed by atoms with Gasteiger partial charge in [0.25, 0.3) is 5.91 Å². The van der Waals surface area contributed by atoms with Crippen molar-refractivity contribution in [3.05, 3.63) is 23.5 Å². The molecule has 0 unspecified atom stereocenters. The van der Waals surface area contributed by atoms with Gasteiger partial charge in [-0.15, -0.1) is 0 Å². The molecule has 0 radical (unpaired) electrons. The molecular weight excluding hydrogens is 226 g/mol. The Morgan fingerprint density at radius 1 is 1.50 bits per heavy atom. The van der Waals surface area contributed by atoms with E-state index >= 15 is 0 Å². The van der Waals surface area contributed by atoms with Crippen molar-refractivity contribution >= 4 is 5.91 Å². The Labute approximate surface area is 109 Å². The number of aryl methyl sites for hydroxylation is 1. The molecule has 1 fully saturated rings. The SMILES string of the molecule is Cc1ccc(C(=O)N2CCC[C@H](C)[C@H]2CN)n1C. The Morgan fingerprint density at radius 3 is 2.78 bits per heavy atom. The summed E-state index contributed by atoms with van der Waals surface area (Å²) < 4.78 is 1.95. The van der Waals surface area contributed by atoms with E-state index in [2.05, 4.69) is 6.92 Å². The van der Waals surface area contributed by atoms with Gasteiger partial charge in [-0.1, -0.05) is 6.92 Å². The molecule has 1 aliphatic rings. The van der Waals surface area contributed by atoms with Crippen LogP contribution in [0.3, 0.4) is 0 Å². The smallest absolute Gasteiger partial charge is 0.270 e. The van der Waals surface area contributed by atoms with Gasteiger partial charge in [-0.2, -0.15) is 0 Å². The monoisotopic (exact) mass is 249 g/mol. The van der Waals surface area contributed by atoms with Gasteiger partial charge in [0.2, 0.25) is 0 Å². The lowest BCUT2D eigenvalue weighted by Crippen LogP contribution is -2.51. The molecule has 2 N–H and O–H groups in total. The van der Waals surface area contributed by atoms with Crippen LogP contribution in [-0.4, -0.2) is 34.5 Å². The summed E-state index contributed by atoms with van der Waals surface area (Å²) >= 11 is 0. The zero-order valence-electron chi connectivity index (χ0n) is 11.5. The number of piperidine rings is 1. The summed E-state index contributed by atoms with van der Waals surface area (Å²) in [5, 5.41) is 0. The second-order valence-electron chi connectivity index (χ2n) is 5.34. The standard InChI is InChI=1S/C14H23N3O/c1-10-5-4-8-17(13(10)9-15)14(18)12-7-6-11(2)16(12)3/h6-7,10,13H,4-5,8-9,15H2,1-3H3/t10-,13+/m0/s1. The minimum Gasteiger partial charge on any atom is -0.344 e. The molecular formula is C14H23N3O. The molecule has 1 aromatic rings. The Morgan fingerprint density at radius 2 is 2.22 bits per heavy atom. The first-order chi connectivity index (χ1) is 8.56. The van der Waals surface area contributed by atoms with Crippen LogP contribution in [-0.2, 0) is 7.05 Å². The number of nitrogens with two attached hydrogens (primary N) is 1. The number of hydrogen-bond donors (Lipinski definition) is 1. The van der Waals surface area contributed by atoms with Crippen LogP contribution in [0.25, 0.3) is 0 Å². The van der Waals surface area contributed by atoms with E-state index in [9.17, 15) is 4.79 Å². The number of carbonyl (C=O) groups excluding carboxylic acids is 1. The zero-order valence-corrected chi connectivity index (χ0v) is 11.5. The molecule has 2 atom stereocenters. The van der Waals surface area contributed by atoms with Gasteiger partial charge in [0.05, 0.1) is 0 Å². The fourth-order valence-corrected chi connectivity index (χ4v) is 2.84. The van der Waals surface area contributed by atoms with Crippen molar-refractivity contribution in [2.45, 2.75) is 32.7 Å². The van der Waals surface area contributed by atoms with Crippen molar-refractivity contribution in [1.82, 2.24) is 9.47 Å². The summed E-state index contributed by atoms with van der Waals surface area (Å²) in [5.74, 6) is 0.613. The second kappa shape index (κ2) is 5.14. The van der Waals surface area contributed by atoms with Crippen molar-refractivity contribution < 1.29 is 4.79 Å².